The van der Waals surface area contributed by atoms with E-state index in [0.29, 0.717) is 54.5 Å². The number of fused-ring (bicyclic) bond motifs is 1. The molecule has 186 valence electrons. The summed E-state index contributed by atoms with van der Waals surface area (Å²) in [4.78, 5) is 28.9. The number of anilines is 1. The molecule has 10 heteroatoms. The SMILES string of the molecule is COCCn1cc(-c2ccc(F)cc2)c(C(=O)N2CCCCC2CNc2cnc3ncccc3n2)n1. The highest BCUT2D eigenvalue weighted by molar-refractivity contribution is 5.99. The minimum Gasteiger partial charge on any atom is -0.383 e. The standard InChI is InChI=1S/C26H28FN7O2/c1-36-14-13-33-17-21(18-7-9-19(27)10-8-18)24(32-33)26(35)34-12-3-2-5-20(34)15-29-23-16-30-25-22(31-23)6-4-11-28-25/h4,6-11,16-17,20H,2-3,5,12-15H2,1H3,(H,29,31). The van der Waals surface area contributed by atoms with Crippen LogP contribution in [0.1, 0.15) is 29.8 Å². The molecule has 1 amide bonds. The molecule has 4 heterocycles. The van der Waals surface area contributed by atoms with Crippen LogP contribution in [0, 0.1) is 5.82 Å². The lowest BCUT2D eigenvalue weighted by molar-refractivity contribution is 0.0621. The lowest BCUT2D eigenvalue weighted by atomic mass is 10.00. The van der Waals surface area contributed by atoms with Gasteiger partial charge in [0.15, 0.2) is 11.3 Å². The molecule has 5 rings (SSSR count). The topological polar surface area (TPSA) is 98.1 Å². The fraction of sp³-hybridized carbons (Fsp3) is 0.346. The molecular weight excluding hydrogens is 461 g/mol. The molecule has 1 saturated heterocycles. The van der Waals surface area contributed by atoms with Gasteiger partial charge in [0.25, 0.3) is 5.91 Å². The van der Waals surface area contributed by atoms with Crippen molar-refractivity contribution in [1.29, 1.82) is 0 Å². The lowest BCUT2D eigenvalue weighted by Gasteiger charge is -2.35. The Bertz CT molecular complexity index is 1340. The molecule has 0 aliphatic carbocycles. The Balaban J connectivity index is 1.38. The number of carbonyl (C=O) groups is 1. The molecule has 1 unspecified atom stereocenters. The third-order valence-corrected chi connectivity index (χ3v) is 6.37. The number of halogens is 1. The predicted molar refractivity (Wildman–Crippen MR) is 134 cm³/mol. The van der Waals surface area contributed by atoms with Gasteiger partial charge in [-0.2, -0.15) is 5.10 Å². The fourth-order valence-electron chi connectivity index (χ4n) is 4.50. The number of rotatable bonds is 8. The maximum absolute atomic E-state index is 13.8. The Morgan fingerprint density at radius 1 is 1.19 bits per heavy atom. The summed E-state index contributed by atoms with van der Waals surface area (Å²) >= 11 is 0. The zero-order chi connectivity index (χ0) is 24.9. The van der Waals surface area contributed by atoms with Crippen molar-refractivity contribution in [1.82, 2.24) is 29.6 Å². The van der Waals surface area contributed by atoms with Gasteiger partial charge in [0, 0.05) is 44.2 Å². The van der Waals surface area contributed by atoms with Gasteiger partial charge in [0.05, 0.1) is 19.3 Å². The van der Waals surface area contributed by atoms with Gasteiger partial charge in [-0.15, -0.1) is 0 Å². The molecule has 3 aromatic heterocycles. The zero-order valence-electron chi connectivity index (χ0n) is 20.1. The number of aromatic nitrogens is 5. The molecule has 1 aliphatic rings. The number of hydrogen-bond donors (Lipinski definition) is 1. The van der Waals surface area contributed by atoms with Crippen LogP contribution in [0.5, 0.6) is 0 Å². The third-order valence-electron chi connectivity index (χ3n) is 6.37. The first-order chi connectivity index (χ1) is 17.6. The molecule has 1 aliphatic heterocycles. The molecule has 1 fully saturated rings. The van der Waals surface area contributed by atoms with E-state index >= 15 is 0 Å². The number of methoxy groups -OCH3 is 1. The average Bonchev–Trinajstić information content (AvgIpc) is 3.35. The minimum absolute atomic E-state index is 0.0251. The molecule has 0 saturated carbocycles. The van der Waals surface area contributed by atoms with E-state index in [9.17, 15) is 9.18 Å². The number of piperidine rings is 1. The van der Waals surface area contributed by atoms with Crippen LogP contribution in [-0.2, 0) is 11.3 Å². The van der Waals surface area contributed by atoms with Crippen LogP contribution in [-0.4, -0.2) is 68.4 Å². The van der Waals surface area contributed by atoms with Crippen molar-refractivity contribution < 1.29 is 13.9 Å². The Morgan fingerprint density at radius 2 is 2.06 bits per heavy atom. The molecule has 0 radical (unpaired) electrons. The molecule has 1 N–H and O–H groups in total. The summed E-state index contributed by atoms with van der Waals surface area (Å²) in [6, 6.07) is 9.80. The van der Waals surface area contributed by atoms with Crippen LogP contribution in [0.2, 0.25) is 0 Å². The number of benzene rings is 1. The fourth-order valence-corrected chi connectivity index (χ4v) is 4.50. The maximum atomic E-state index is 13.8. The Morgan fingerprint density at radius 3 is 2.89 bits per heavy atom. The second kappa shape index (κ2) is 10.8. The monoisotopic (exact) mass is 489 g/mol. The molecular formula is C26H28FN7O2. The number of pyridine rings is 1. The van der Waals surface area contributed by atoms with Gasteiger partial charge in [0.1, 0.15) is 17.2 Å². The number of ether oxygens (including phenoxy) is 1. The van der Waals surface area contributed by atoms with Crippen molar-refractivity contribution in [3.8, 4) is 11.1 Å². The summed E-state index contributed by atoms with van der Waals surface area (Å²) in [6.45, 7) is 2.17. The second-order valence-electron chi connectivity index (χ2n) is 8.78. The summed E-state index contributed by atoms with van der Waals surface area (Å²) in [5.74, 6) is 0.184. The molecule has 4 aromatic rings. The van der Waals surface area contributed by atoms with E-state index in [1.165, 1.54) is 12.1 Å². The molecule has 9 nitrogen and oxygen atoms in total. The van der Waals surface area contributed by atoms with Gasteiger partial charge in [-0.3, -0.25) is 9.48 Å². The number of likely N-dealkylation sites (tertiary alicyclic amines) is 1. The maximum Gasteiger partial charge on any atom is 0.275 e. The van der Waals surface area contributed by atoms with Crippen LogP contribution in [0.4, 0.5) is 10.2 Å². The van der Waals surface area contributed by atoms with Gasteiger partial charge in [0.2, 0.25) is 0 Å². The van der Waals surface area contributed by atoms with E-state index in [-0.39, 0.29) is 17.8 Å². The smallest absolute Gasteiger partial charge is 0.275 e. The number of nitrogens with zero attached hydrogens (tertiary/aromatic N) is 6. The number of amides is 1. The van der Waals surface area contributed by atoms with E-state index in [0.717, 1.165) is 24.8 Å². The largest absolute Gasteiger partial charge is 0.383 e. The molecule has 1 atom stereocenters. The third kappa shape index (κ3) is 5.18. The van der Waals surface area contributed by atoms with Crippen molar-refractivity contribution >= 4 is 22.9 Å². The highest BCUT2D eigenvalue weighted by atomic mass is 19.1. The Hall–Kier alpha value is -3.92. The van der Waals surface area contributed by atoms with Gasteiger partial charge < -0.3 is 15.0 Å². The van der Waals surface area contributed by atoms with Crippen LogP contribution < -0.4 is 5.32 Å². The van der Waals surface area contributed by atoms with E-state index in [1.807, 2.05) is 23.2 Å². The van der Waals surface area contributed by atoms with Crippen LogP contribution in [0.15, 0.2) is 55.0 Å². The highest BCUT2D eigenvalue weighted by Crippen LogP contribution is 2.27. The van der Waals surface area contributed by atoms with Gasteiger partial charge in [-0.1, -0.05) is 12.1 Å². The predicted octanol–water partition coefficient (Wildman–Crippen LogP) is 3.78. The minimum atomic E-state index is -0.326. The number of nitrogens with one attached hydrogen (secondary N) is 1. The molecule has 1 aromatic carbocycles. The number of hydrogen-bond acceptors (Lipinski definition) is 7. The van der Waals surface area contributed by atoms with Gasteiger partial charge >= 0.3 is 0 Å². The second-order valence-corrected chi connectivity index (χ2v) is 8.78. The lowest BCUT2D eigenvalue weighted by Crippen LogP contribution is -2.47. The van der Waals surface area contributed by atoms with E-state index in [1.54, 1.807) is 36.3 Å². The van der Waals surface area contributed by atoms with E-state index in [4.69, 9.17) is 4.74 Å². The summed E-state index contributed by atoms with van der Waals surface area (Å²) in [6.07, 6.45) is 8.02. The van der Waals surface area contributed by atoms with Crippen molar-refractivity contribution in [3.05, 3.63) is 66.5 Å². The van der Waals surface area contributed by atoms with Gasteiger partial charge in [-0.05, 0) is 49.1 Å². The summed E-state index contributed by atoms with van der Waals surface area (Å²) in [7, 11) is 1.62. The first-order valence-corrected chi connectivity index (χ1v) is 12.1. The first kappa shape index (κ1) is 23.8. The van der Waals surface area contributed by atoms with Crippen LogP contribution in [0.3, 0.4) is 0 Å². The summed E-state index contributed by atoms with van der Waals surface area (Å²) in [5.41, 5.74) is 3.09. The van der Waals surface area contributed by atoms with E-state index in [2.05, 4.69) is 25.4 Å². The average molecular weight is 490 g/mol. The Labute approximate surface area is 208 Å². The molecule has 0 bridgehead atoms. The number of carbonyl (C=O) groups excluding carboxylic acids is 1. The van der Waals surface area contributed by atoms with Crippen LogP contribution >= 0.6 is 0 Å². The normalized spacial score (nSPS) is 15.8. The summed E-state index contributed by atoms with van der Waals surface area (Å²) in [5, 5.41) is 7.96. The van der Waals surface area contributed by atoms with Crippen molar-refractivity contribution in [2.45, 2.75) is 31.8 Å². The zero-order valence-corrected chi connectivity index (χ0v) is 20.1. The highest BCUT2D eigenvalue weighted by Gasteiger charge is 2.31. The van der Waals surface area contributed by atoms with Gasteiger partial charge in [-0.25, -0.2) is 19.3 Å². The van der Waals surface area contributed by atoms with Crippen molar-refractivity contribution in [2.75, 3.05) is 32.1 Å². The van der Waals surface area contributed by atoms with Crippen LogP contribution in [0.25, 0.3) is 22.3 Å². The Kier molecular flexibility index (Phi) is 7.13. The van der Waals surface area contributed by atoms with Crippen molar-refractivity contribution in [3.63, 3.8) is 0 Å². The summed E-state index contributed by atoms with van der Waals surface area (Å²) < 4.78 is 20.4. The first-order valence-electron chi connectivity index (χ1n) is 12.1. The van der Waals surface area contributed by atoms with Crippen molar-refractivity contribution in [2.24, 2.45) is 0 Å². The molecule has 36 heavy (non-hydrogen) atoms. The molecule has 0 spiro atoms. The quantitative estimate of drug-likeness (QED) is 0.402. The van der Waals surface area contributed by atoms with E-state index < -0.39 is 0 Å².